The predicted octanol–water partition coefficient (Wildman–Crippen LogP) is 5.23. The Labute approximate surface area is 237 Å². The van der Waals surface area contributed by atoms with E-state index in [-0.39, 0.29) is 36.2 Å². The van der Waals surface area contributed by atoms with Crippen molar-refractivity contribution in [3.8, 4) is 0 Å². The second-order valence-corrected chi connectivity index (χ2v) is 11.2. The van der Waals surface area contributed by atoms with E-state index in [4.69, 9.17) is 0 Å². The van der Waals surface area contributed by atoms with Gasteiger partial charge >= 0.3 is 6.03 Å². The topological polar surface area (TPSA) is 93.8 Å². The third-order valence-electron chi connectivity index (χ3n) is 7.45. The van der Waals surface area contributed by atoms with Gasteiger partial charge in [0.1, 0.15) is 5.82 Å². The Morgan fingerprint density at radius 3 is 2.35 bits per heavy atom. The van der Waals surface area contributed by atoms with E-state index in [2.05, 4.69) is 20.9 Å². The SMILES string of the molecule is O=C(Nc1ccc(N2CCN(C(=O)NC3CCCCC3)CC2)c(C(=O)NCc2ccc(F)cc2)c1)c1cccs1. The summed E-state index contributed by atoms with van der Waals surface area (Å²) in [5.41, 5.74) is 2.44. The summed E-state index contributed by atoms with van der Waals surface area (Å²) < 4.78 is 13.3. The number of nitrogens with one attached hydrogen (secondary N) is 3. The molecule has 2 heterocycles. The molecular formula is C30H34FN5O3S. The van der Waals surface area contributed by atoms with Crippen LogP contribution in [0.15, 0.2) is 60.0 Å². The molecule has 1 aliphatic carbocycles. The van der Waals surface area contributed by atoms with Crippen molar-refractivity contribution in [1.82, 2.24) is 15.5 Å². The van der Waals surface area contributed by atoms with Crippen LogP contribution in [0.1, 0.15) is 57.7 Å². The van der Waals surface area contributed by atoms with E-state index in [1.165, 1.54) is 29.9 Å². The number of hydrogen-bond donors (Lipinski definition) is 3. The second kappa shape index (κ2) is 13.0. The van der Waals surface area contributed by atoms with Crippen LogP contribution < -0.4 is 20.9 Å². The Morgan fingerprint density at radius 2 is 1.65 bits per heavy atom. The van der Waals surface area contributed by atoms with E-state index in [0.717, 1.165) is 36.9 Å². The molecule has 0 atom stereocenters. The van der Waals surface area contributed by atoms with E-state index in [9.17, 15) is 18.8 Å². The maximum atomic E-state index is 13.4. The Balaban J connectivity index is 1.28. The number of piperazine rings is 1. The van der Waals surface area contributed by atoms with Gasteiger partial charge in [-0.2, -0.15) is 0 Å². The van der Waals surface area contributed by atoms with Gasteiger partial charge < -0.3 is 25.8 Å². The number of nitrogens with zero attached hydrogens (tertiary/aromatic N) is 2. The first-order valence-electron chi connectivity index (χ1n) is 13.8. The zero-order valence-electron chi connectivity index (χ0n) is 22.3. The van der Waals surface area contributed by atoms with Crippen molar-refractivity contribution in [2.45, 2.75) is 44.7 Å². The molecule has 2 fully saturated rings. The minimum atomic E-state index is -0.335. The minimum absolute atomic E-state index is 0.0181. The van der Waals surface area contributed by atoms with Crippen LogP contribution in [0.3, 0.4) is 0 Å². The summed E-state index contributed by atoms with van der Waals surface area (Å²) in [6.07, 6.45) is 5.64. The average Bonchev–Trinajstić information content (AvgIpc) is 3.53. The molecule has 0 bridgehead atoms. The molecule has 0 spiro atoms. The third-order valence-corrected chi connectivity index (χ3v) is 8.32. The van der Waals surface area contributed by atoms with Gasteiger partial charge in [-0.3, -0.25) is 9.59 Å². The summed E-state index contributed by atoms with van der Waals surface area (Å²) >= 11 is 1.34. The fourth-order valence-corrected chi connectivity index (χ4v) is 5.83. The molecule has 8 nitrogen and oxygen atoms in total. The number of rotatable bonds is 7. The fraction of sp³-hybridized carbons (Fsp3) is 0.367. The summed E-state index contributed by atoms with van der Waals surface area (Å²) in [5.74, 6) is -0.875. The summed E-state index contributed by atoms with van der Waals surface area (Å²) in [6.45, 7) is 2.49. The first-order chi connectivity index (χ1) is 19.5. The first kappa shape index (κ1) is 27.6. The van der Waals surface area contributed by atoms with Gasteiger partial charge in [-0.1, -0.05) is 37.5 Å². The van der Waals surface area contributed by atoms with Crippen LogP contribution in [-0.2, 0) is 6.54 Å². The minimum Gasteiger partial charge on any atom is -0.367 e. The zero-order chi connectivity index (χ0) is 27.9. The largest absolute Gasteiger partial charge is 0.367 e. The van der Waals surface area contributed by atoms with Gasteiger partial charge in [-0.15, -0.1) is 11.3 Å². The molecule has 210 valence electrons. The molecule has 2 aliphatic rings. The molecule has 1 saturated carbocycles. The van der Waals surface area contributed by atoms with Crippen LogP contribution in [0, 0.1) is 5.82 Å². The zero-order valence-corrected chi connectivity index (χ0v) is 23.1. The number of halogens is 1. The molecule has 2 aromatic carbocycles. The highest BCUT2D eigenvalue weighted by Crippen LogP contribution is 2.27. The number of urea groups is 1. The van der Waals surface area contributed by atoms with Crippen LogP contribution in [0.2, 0.25) is 0 Å². The summed E-state index contributed by atoms with van der Waals surface area (Å²) in [6, 6.07) is 15.1. The van der Waals surface area contributed by atoms with Crippen LogP contribution in [0.25, 0.3) is 0 Å². The van der Waals surface area contributed by atoms with Gasteiger partial charge in [-0.05, 0) is 60.2 Å². The van der Waals surface area contributed by atoms with E-state index in [0.29, 0.717) is 42.3 Å². The van der Waals surface area contributed by atoms with Gasteiger partial charge in [-0.25, -0.2) is 9.18 Å². The predicted molar refractivity (Wildman–Crippen MR) is 155 cm³/mol. The van der Waals surface area contributed by atoms with E-state index < -0.39 is 0 Å². The molecule has 4 amide bonds. The Bertz CT molecular complexity index is 1320. The van der Waals surface area contributed by atoms with Crippen molar-refractivity contribution >= 4 is 40.6 Å². The fourth-order valence-electron chi connectivity index (χ4n) is 5.21. The molecule has 5 rings (SSSR count). The third kappa shape index (κ3) is 6.98. The molecule has 3 N–H and O–H groups in total. The molecule has 0 radical (unpaired) electrons. The van der Waals surface area contributed by atoms with E-state index in [1.54, 1.807) is 30.3 Å². The van der Waals surface area contributed by atoms with Gasteiger partial charge in [0.25, 0.3) is 11.8 Å². The number of carbonyl (C=O) groups excluding carboxylic acids is 3. The van der Waals surface area contributed by atoms with E-state index in [1.807, 2.05) is 22.4 Å². The number of thiophene rings is 1. The molecule has 40 heavy (non-hydrogen) atoms. The van der Waals surface area contributed by atoms with Gasteiger partial charge in [0.05, 0.1) is 10.4 Å². The number of amides is 4. The van der Waals surface area contributed by atoms with Crippen molar-refractivity contribution in [3.05, 3.63) is 81.8 Å². The molecule has 1 aromatic heterocycles. The average molecular weight is 564 g/mol. The Kier molecular flexibility index (Phi) is 8.95. The maximum absolute atomic E-state index is 13.4. The smallest absolute Gasteiger partial charge is 0.317 e. The monoisotopic (exact) mass is 563 g/mol. The molecular weight excluding hydrogens is 529 g/mol. The van der Waals surface area contributed by atoms with Gasteiger partial charge in [0.15, 0.2) is 0 Å². The van der Waals surface area contributed by atoms with Crippen molar-refractivity contribution in [1.29, 1.82) is 0 Å². The van der Waals surface area contributed by atoms with Crippen LogP contribution >= 0.6 is 11.3 Å². The van der Waals surface area contributed by atoms with Crippen molar-refractivity contribution in [2.24, 2.45) is 0 Å². The molecule has 0 unspecified atom stereocenters. The normalized spacial score (nSPS) is 15.9. The number of hydrogen-bond acceptors (Lipinski definition) is 5. The van der Waals surface area contributed by atoms with Gasteiger partial charge in [0.2, 0.25) is 0 Å². The lowest BCUT2D eigenvalue weighted by molar-refractivity contribution is 0.0949. The Morgan fingerprint density at radius 1 is 0.900 bits per heavy atom. The van der Waals surface area contributed by atoms with Crippen molar-refractivity contribution < 1.29 is 18.8 Å². The molecule has 10 heteroatoms. The summed E-state index contributed by atoms with van der Waals surface area (Å²) in [5, 5.41) is 10.8. The number of benzene rings is 2. The van der Waals surface area contributed by atoms with Crippen molar-refractivity contribution in [3.63, 3.8) is 0 Å². The van der Waals surface area contributed by atoms with Crippen LogP contribution in [0.4, 0.5) is 20.6 Å². The maximum Gasteiger partial charge on any atom is 0.317 e. The lowest BCUT2D eigenvalue weighted by atomic mass is 9.96. The summed E-state index contributed by atoms with van der Waals surface area (Å²) in [4.78, 5) is 43.4. The van der Waals surface area contributed by atoms with Gasteiger partial charge in [0, 0.05) is 50.1 Å². The van der Waals surface area contributed by atoms with Crippen LogP contribution in [0.5, 0.6) is 0 Å². The standard InChI is InChI=1S/C30H34FN5O3S/c31-22-10-8-21(9-11-22)20-32-28(37)25-19-24(33-29(38)27-7-4-18-40-27)12-13-26(25)35-14-16-36(17-15-35)30(39)34-23-5-2-1-3-6-23/h4,7-13,18-19,23H,1-3,5-6,14-17,20H2,(H,32,37)(H,33,38)(H,34,39). The van der Waals surface area contributed by atoms with Crippen LogP contribution in [-0.4, -0.2) is 55.0 Å². The number of anilines is 2. The second-order valence-electron chi connectivity index (χ2n) is 10.2. The molecule has 1 aliphatic heterocycles. The van der Waals surface area contributed by atoms with Crippen molar-refractivity contribution in [2.75, 3.05) is 36.4 Å². The highest BCUT2D eigenvalue weighted by Gasteiger charge is 2.26. The number of carbonyl (C=O) groups is 3. The lowest BCUT2D eigenvalue weighted by Crippen LogP contribution is -2.54. The highest BCUT2D eigenvalue weighted by atomic mass is 32.1. The lowest BCUT2D eigenvalue weighted by Gasteiger charge is -2.37. The quantitative estimate of drug-likeness (QED) is 0.367. The Hall–Kier alpha value is -3.92. The molecule has 1 saturated heterocycles. The van der Waals surface area contributed by atoms with E-state index >= 15 is 0 Å². The summed E-state index contributed by atoms with van der Waals surface area (Å²) in [7, 11) is 0. The molecule has 3 aromatic rings. The highest BCUT2D eigenvalue weighted by molar-refractivity contribution is 7.12. The first-order valence-corrected chi connectivity index (χ1v) is 14.7.